The minimum Gasteiger partial charge on any atom is -0.384 e. The maximum absolute atomic E-state index is 13.2. The highest BCUT2D eigenvalue weighted by Crippen LogP contribution is 2.28. The van der Waals surface area contributed by atoms with Gasteiger partial charge in [-0.15, -0.1) is 0 Å². The molecule has 0 aliphatic heterocycles. The molecule has 2 heterocycles. The molecule has 1 aromatic carbocycles. The van der Waals surface area contributed by atoms with Gasteiger partial charge in [0.2, 0.25) is 0 Å². The van der Waals surface area contributed by atoms with Crippen LogP contribution in [0.15, 0.2) is 24.3 Å². The van der Waals surface area contributed by atoms with Crippen LogP contribution >= 0.6 is 0 Å². The van der Waals surface area contributed by atoms with Crippen molar-refractivity contribution in [1.82, 2.24) is 9.97 Å². The summed E-state index contributed by atoms with van der Waals surface area (Å²) in [6.45, 7) is 1.88. The van der Waals surface area contributed by atoms with Gasteiger partial charge in [-0.1, -0.05) is 0 Å². The van der Waals surface area contributed by atoms with Crippen molar-refractivity contribution in [3.8, 4) is 0 Å². The maximum Gasteiger partial charge on any atom is 0.124 e. The number of nitrogens with zero attached hydrogens (tertiary/aromatic N) is 1. The van der Waals surface area contributed by atoms with Crippen molar-refractivity contribution in [2.24, 2.45) is 0 Å². The first-order chi connectivity index (χ1) is 7.65. The molecule has 0 fully saturated rings. The number of benzene rings is 1. The van der Waals surface area contributed by atoms with Gasteiger partial charge < -0.3 is 10.7 Å². The predicted octanol–water partition coefficient (Wildman–Crippen LogP) is 2.75. The minimum absolute atomic E-state index is 0.249. The molecule has 0 spiro atoms. The van der Waals surface area contributed by atoms with E-state index in [1.54, 1.807) is 12.1 Å². The van der Waals surface area contributed by atoms with Crippen molar-refractivity contribution in [2.45, 2.75) is 6.92 Å². The first-order valence-corrected chi connectivity index (χ1v) is 4.99. The van der Waals surface area contributed by atoms with Gasteiger partial charge in [0.15, 0.2) is 0 Å². The van der Waals surface area contributed by atoms with E-state index in [4.69, 9.17) is 5.73 Å². The molecule has 0 aliphatic carbocycles. The first kappa shape index (κ1) is 9.15. The minimum atomic E-state index is -0.249. The van der Waals surface area contributed by atoms with Gasteiger partial charge >= 0.3 is 0 Å². The van der Waals surface area contributed by atoms with Crippen LogP contribution in [0.2, 0.25) is 0 Å². The SMILES string of the molecule is Cc1nc(N)cc2c1[nH]c1ccc(F)cc12. The first-order valence-electron chi connectivity index (χ1n) is 4.99. The van der Waals surface area contributed by atoms with Crippen LogP contribution in [-0.4, -0.2) is 9.97 Å². The highest BCUT2D eigenvalue weighted by atomic mass is 19.1. The molecule has 3 N–H and O–H groups in total. The topological polar surface area (TPSA) is 54.7 Å². The number of nitrogens with one attached hydrogen (secondary N) is 1. The van der Waals surface area contributed by atoms with E-state index in [9.17, 15) is 4.39 Å². The van der Waals surface area contributed by atoms with E-state index in [2.05, 4.69) is 9.97 Å². The number of pyridine rings is 1. The zero-order valence-corrected chi connectivity index (χ0v) is 8.71. The Morgan fingerprint density at radius 2 is 2.06 bits per heavy atom. The van der Waals surface area contributed by atoms with Crippen LogP contribution in [0.25, 0.3) is 21.8 Å². The summed E-state index contributed by atoms with van der Waals surface area (Å²) in [5.74, 6) is 0.205. The van der Waals surface area contributed by atoms with Crippen molar-refractivity contribution < 1.29 is 4.39 Å². The second-order valence-corrected chi connectivity index (χ2v) is 3.87. The van der Waals surface area contributed by atoms with Crippen molar-refractivity contribution >= 4 is 27.6 Å². The Morgan fingerprint density at radius 1 is 1.25 bits per heavy atom. The third kappa shape index (κ3) is 1.16. The summed E-state index contributed by atoms with van der Waals surface area (Å²) in [5, 5.41) is 1.76. The number of anilines is 1. The third-order valence-electron chi connectivity index (χ3n) is 2.75. The van der Waals surface area contributed by atoms with Gasteiger partial charge in [-0.2, -0.15) is 0 Å². The van der Waals surface area contributed by atoms with Crippen molar-refractivity contribution in [3.63, 3.8) is 0 Å². The number of nitrogens with two attached hydrogens (primary N) is 1. The lowest BCUT2D eigenvalue weighted by Crippen LogP contribution is -1.92. The summed E-state index contributed by atoms with van der Waals surface area (Å²) in [6.07, 6.45) is 0. The second-order valence-electron chi connectivity index (χ2n) is 3.87. The number of halogens is 1. The fourth-order valence-electron chi connectivity index (χ4n) is 2.05. The van der Waals surface area contributed by atoms with Crippen LogP contribution in [0.4, 0.5) is 10.2 Å². The molecule has 3 aromatic rings. The maximum atomic E-state index is 13.2. The number of rotatable bonds is 0. The largest absolute Gasteiger partial charge is 0.384 e. The predicted molar refractivity (Wildman–Crippen MR) is 62.7 cm³/mol. The van der Waals surface area contributed by atoms with Crippen LogP contribution in [0.1, 0.15) is 5.69 Å². The van der Waals surface area contributed by atoms with Crippen LogP contribution in [-0.2, 0) is 0 Å². The molecule has 0 saturated carbocycles. The molecule has 4 heteroatoms. The van der Waals surface area contributed by atoms with Gasteiger partial charge in [0.25, 0.3) is 0 Å². The van der Waals surface area contributed by atoms with Gasteiger partial charge in [-0.3, -0.25) is 0 Å². The number of hydrogen-bond acceptors (Lipinski definition) is 2. The summed E-state index contributed by atoms with van der Waals surface area (Å²) in [6, 6.07) is 6.43. The number of nitrogen functional groups attached to an aromatic ring is 1. The molecular formula is C12H10FN3. The van der Waals surface area contributed by atoms with Gasteiger partial charge in [0, 0.05) is 16.3 Å². The highest BCUT2D eigenvalue weighted by Gasteiger charge is 2.08. The van der Waals surface area contributed by atoms with Crippen molar-refractivity contribution in [2.75, 3.05) is 5.73 Å². The van der Waals surface area contributed by atoms with E-state index in [0.717, 1.165) is 27.5 Å². The Labute approximate surface area is 91.1 Å². The van der Waals surface area contributed by atoms with E-state index in [0.29, 0.717) is 5.82 Å². The molecule has 3 nitrogen and oxygen atoms in total. The molecule has 16 heavy (non-hydrogen) atoms. The van der Waals surface area contributed by atoms with E-state index in [1.165, 1.54) is 12.1 Å². The number of aromatic amines is 1. The van der Waals surface area contributed by atoms with Gasteiger partial charge in [0.05, 0.1) is 11.2 Å². The summed E-state index contributed by atoms with van der Waals surface area (Å²) >= 11 is 0. The number of fused-ring (bicyclic) bond motifs is 3. The Morgan fingerprint density at radius 3 is 2.88 bits per heavy atom. The number of aryl methyl sites for hydroxylation is 1. The molecule has 0 radical (unpaired) electrons. The molecule has 0 bridgehead atoms. The molecule has 80 valence electrons. The molecule has 0 atom stereocenters. The quantitative estimate of drug-likeness (QED) is 0.605. The van der Waals surface area contributed by atoms with Gasteiger partial charge in [-0.25, -0.2) is 9.37 Å². The molecule has 0 aliphatic rings. The molecule has 0 amide bonds. The van der Waals surface area contributed by atoms with Crippen LogP contribution in [0.5, 0.6) is 0 Å². The number of H-pyrrole nitrogens is 1. The standard InChI is InChI=1S/C12H10FN3/c1-6-12-9(5-11(14)15-6)8-4-7(13)2-3-10(8)16-12/h2-5,16H,1H3,(H2,14,15). The molecule has 3 rings (SSSR count). The monoisotopic (exact) mass is 215 g/mol. The Bertz CT molecular complexity index is 700. The van der Waals surface area contributed by atoms with Gasteiger partial charge in [-0.05, 0) is 31.2 Å². The number of aromatic nitrogens is 2. The van der Waals surface area contributed by atoms with Crippen LogP contribution < -0.4 is 5.73 Å². The lowest BCUT2D eigenvalue weighted by Gasteiger charge is -1.97. The summed E-state index contributed by atoms with van der Waals surface area (Å²) in [5.41, 5.74) is 8.33. The Hall–Kier alpha value is -2.10. The summed E-state index contributed by atoms with van der Waals surface area (Å²) < 4.78 is 13.2. The normalized spacial score (nSPS) is 11.4. The fourth-order valence-corrected chi connectivity index (χ4v) is 2.05. The van der Waals surface area contributed by atoms with Crippen LogP contribution in [0.3, 0.4) is 0 Å². The van der Waals surface area contributed by atoms with Gasteiger partial charge in [0.1, 0.15) is 11.6 Å². The van der Waals surface area contributed by atoms with E-state index >= 15 is 0 Å². The van der Waals surface area contributed by atoms with E-state index < -0.39 is 0 Å². The lowest BCUT2D eigenvalue weighted by molar-refractivity contribution is 0.630. The zero-order valence-electron chi connectivity index (χ0n) is 8.71. The average Bonchev–Trinajstić information content (AvgIpc) is 2.57. The van der Waals surface area contributed by atoms with Crippen molar-refractivity contribution in [3.05, 3.63) is 35.8 Å². The smallest absolute Gasteiger partial charge is 0.124 e. The van der Waals surface area contributed by atoms with E-state index in [1.807, 2.05) is 6.92 Å². The summed E-state index contributed by atoms with van der Waals surface area (Å²) in [4.78, 5) is 7.39. The third-order valence-corrected chi connectivity index (χ3v) is 2.75. The molecule has 2 aromatic heterocycles. The molecule has 0 saturated heterocycles. The average molecular weight is 215 g/mol. The summed E-state index contributed by atoms with van der Waals surface area (Å²) in [7, 11) is 0. The zero-order chi connectivity index (χ0) is 11.3. The highest BCUT2D eigenvalue weighted by molar-refractivity contribution is 6.08. The lowest BCUT2D eigenvalue weighted by atomic mass is 10.1. The second kappa shape index (κ2) is 2.95. The Kier molecular flexibility index (Phi) is 1.68. The van der Waals surface area contributed by atoms with Crippen molar-refractivity contribution in [1.29, 1.82) is 0 Å². The number of hydrogen-bond donors (Lipinski definition) is 2. The fraction of sp³-hybridized carbons (Fsp3) is 0.0833. The Balaban J connectivity index is 2.57. The molecular weight excluding hydrogens is 205 g/mol. The van der Waals surface area contributed by atoms with E-state index in [-0.39, 0.29) is 5.82 Å². The van der Waals surface area contributed by atoms with Crippen LogP contribution in [0, 0.1) is 12.7 Å². The molecule has 0 unspecified atom stereocenters.